The lowest BCUT2D eigenvalue weighted by molar-refractivity contribution is 0.0504. The summed E-state index contributed by atoms with van der Waals surface area (Å²) in [7, 11) is 0. The highest BCUT2D eigenvalue weighted by molar-refractivity contribution is 5.26. The van der Waals surface area contributed by atoms with Crippen LogP contribution in [0.1, 0.15) is 44.7 Å². The fourth-order valence-electron chi connectivity index (χ4n) is 1.82. The Kier molecular flexibility index (Phi) is 7.70. The highest BCUT2D eigenvalue weighted by Gasteiger charge is 2.04. The predicted octanol–water partition coefficient (Wildman–Crippen LogP) is 3.54. The van der Waals surface area contributed by atoms with E-state index in [0.29, 0.717) is 6.10 Å². The zero-order chi connectivity index (χ0) is 13.2. The third kappa shape index (κ3) is 5.65. The van der Waals surface area contributed by atoms with Gasteiger partial charge in [0.25, 0.3) is 0 Å². The molecule has 0 fully saturated rings. The molecule has 1 N–H and O–H groups in total. The Balaban J connectivity index is 2.45. The maximum Gasteiger partial charge on any atom is 0.0723 e. The van der Waals surface area contributed by atoms with Gasteiger partial charge in [-0.05, 0) is 50.4 Å². The van der Waals surface area contributed by atoms with Crippen molar-refractivity contribution < 1.29 is 4.74 Å². The van der Waals surface area contributed by atoms with Crippen LogP contribution in [0.3, 0.4) is 0 Å². The van der Waals surface area contributed by atoms with Crippen LogP contribution in [0.25, 0.3) is 0 Å². The SMILES string of the molecule is CCCNCCc1ccccc1COC(C)CC. The highest BCUT2D eigenvalue weighted by atomic mass is 16.5. The molecule has 0 aliphatic rings. The van der Waals surface area contributed by atoms with Crippen LogP contribution in [0.2, 0.25) is 0 Å². The second-order valence-corrected chi connectivity index (χ2v) is 4.80. The van der Waals surface area contributed by atoms with E-state index in [0.717, 1.165) is 32.5 Å². The summed E-state index contributed by atoms with van der Waals surface area (Å²) in [4.78, 5) is 0. The topological polar surface area (TPSA) is 21.3 Å². The van der Waals surface area contributed by atoms with Crippen LogP contribution < -0.4 is 5.32 Å². The molecule has 0 aliphatic heterocycles. The van der Waals surface area contributed by atoms with Crippen molar-refractivity contribution in [3.8, 4) is 0 Å². The van der Waals surface area contributed by atoms with Gasteiger partial charge in [-0.3, -0.25) is 0 Å². The van der Waals surface area contributed by atoms with Crippen molar-refractivity contribution in [1.82, 2.24) is 5.32 Å². The van der Waals surface area contributed by atoms with E-state index in [2.05, 4.69) is 50.4 Å². The standard InChI is InChI=1S/C16H27NO/c1-4-11-17-12-10-15-8-6-7-9-16(15)13-18-14(3)5-2/h6-9,14,17H,4-5,10-13H2,1-3H3. The molecule has 1 rings (SSSR count). The van der Waals surface area contributed by atoms with Crippen LogP contribution in [-0.2, 0) is 17.8 Å². The average molecular weight is 249 g/mol. The molecule has 0 spiro atoms. The molecule has 0 aliphatic carbocycles. The van der Waals surface area contributed by atoms with Gasteiger partial charge in [-0.2, -0.15) is 0 Å². The van der Waals surface area contributed by atoms with Gasteiger partial charge in [-0.1, -0.05) is 38.1 Å². The van der Waals surface area contributed by atoms with Crippen molar-refractivity contribution in [2.24, 2.45) is 0 Å². The summed E-state index contributed by atoms with van der Waals surface area (Å²) in [6.45, 7) is 9.37. The minimum Gasteiger partial charge on any atom is -0.374 e. The lowest BCUT2D eigenvalue weighted by atomic mass is 10.1. The predicted molar refractivity (Wildman–Crippen MR) is 77.8 cm³/mol. The lowest BCUT2D eigenvalue weighted by Crippen LogP contribution is -2.18. The zero-order valence-electron chi connectivity index (χ0n) is 12.0. The first-order valence-corrected chi connectivity index (χ1v) is 7.17. The largest absolute Gasteiger partial charge is 0.374 e. The monoisotopic (exact) mass is 249 g/mol. The first-order valence-electron chi connectivity index (χ1n) is 7.17. The fourth-order valence-corrected chi connectivity index (χ4v) is 1.82. The van der Waals surface area contributed by atoms with Crippen molar-refractivity contribution in [3.05, 3.63) is 35.4 Å². The number of rotatable bonds is 9. The molecule has 0 radical (unpaired) electrons. The Morgan fingerprint density at radius 3 is 2.50 bits per heavy atom. The minimum absolute atomic E-state index is 0.344. The smallest absolute Gasteiger partial charge is 0.0723 e. The summed E-state index contributed by atoms with van der Waals surface area (Å²) in [6, 6.07) is 8.60. The van der Waals surface area contributed by atoms with Crippen LogP contribution in [0.5, 0.6) is 0 Å². The number of hydrogen-bond donors (Lipinski definition) is 1. The molecule has 0 bridgehead atoms. The Morgan fingerprint density at radius 2 is 1.83 bits per heavy atom. The van der Waals surface area contributed by atoms with Crippen LogP contribution in [0, 0.1) is 0 Å². The van der Waals surface area contributed by atoms with Crippen molar-refractivity contribution in [3.63, 3.8) is 0 Å². The Hall–Kier alpha value is -0.860. The third-order valence-electron chi connectivity index (χ3n) is 3.21. The van der Waals surface area contributed by atoms with Gasteiger partial charge in [0.1, 0.15) is 0 Å². The molecule has 1 atom stereocenters. The maximum absolute atomic E-state index is 5.82. The molecule has 0 amide bonds. The fraction of sp³-hybridized carbons (Fsp3) is 0.625. The summed E-state index contributed by atoms with van der Waals surface area (Å²) in [6.07, 6.45) is 3.69. The second kappa shape index (κ2) is 9.12. The van der Waals surface area contributed by atoms with E-state index >= 15 is 0 Å². The number of hydrogen-bond acceptors (Lipinski definition) is 2. The molecule has 1 aromatic rings. The molecule has 1 unspecified atom stereocenters. The molecule has 0 saturated carbocycles. The van der Waals surface area contributed by atoms with Gasteiger partial charge in [-0.15, -0.1) is 0 Å². The Bertz CT molecular complexity index is 325. The van der Waals surface area contributed by atoms with Crippen LogP contribution in [0.4, 0.5) is 0 Å². The Morgan fingerprint density at radius 1 is 1.11 bits per heavy atom. The summed E-state index contributed by atoms with van der Waals surface area (Å²) >= 11 is 0. The maximum atomic E-state index is 5.82. The lowest BCUT2D eigenvalue weighted by Gasteiger charge is -2.14. The quantitative estimate of drug-likeness (QED) is 0.676. The molecule has 0 saturated heterocycles. The summed E-state index contributed by atoms with van der Waals surface area (Å²) < 4.78 is 5.82. The molecule has 2 nitrogen and oxygen atoms in total. The van der Waals surface area contributed by atoms with Crippen LogP contribution >= 0.6 is 0 Å². The third-order valence-corrected chi connectivity index (χ3v) is 3.21. The molecule has 1 aromatic carbocycles. The first kappa shape index (κ1) is 15.2. The average Bonchev–Trinajstić information content (AvgIpc) is 2.42. The molecule has 18 heavy (non-hydrogen) atoms. The van der Waals surface area contributed by atoms with Crippen LogP contribution in [0.15, 0.2) is 24.3 Å². The number of nitrogens with one attached hydrogen (secondary N) is 1. The van der Waals surface area contributed by atoms with E-state index in [1.165, 1.54) is 17.5 Å². The van der Waals surface area contributed by atoms with Gasteiger partial charge >= 0.3 is 0 Å². The van der Waals surface area contributed by atoms with Gasteiger partial charge in [0, 0.05) is 0 Å². The number of benzene rings is 1. The van der Waals surface area contributed by atoms with Crippen molar-refractivity contribution in [2.45, 2.75) is 52.7 Å². The van der Waals surface area contributed by atoms with Crippen LogP contribution in [-0.4, -0.2) is 19.2 Å². The normalized spacial score (nSPS) is 12.6. The van der Waals surface area contributed by atoms with Gasteiger partial charge < -0.3 is 10.1 Å². The summed E-state index contributed by atoms with van der Waals surface area (Å²) in [5.74, 6) is 0. The molecular weight excluding hydrogens is 222 g/mol. The van der Waals surface area contributed by atoms with Gasteiger partial charge in [0.2, 0.25) is 0 Å². The molecule has 102 valence electrons. The van der Waals surface area contributed by atoms with E-state index in [-0.39, 0.29) is 0 Å². The zero-order valence-corrected chi connectivity index (χ0v) is 12.0. The van der Waals surface area contributed by atoms with Crippen molar-refractivity contribution in [1.29, 1.82) is 0 Å². The summed E-state index contributed by atoms with van der Waals surface area (Å²) in [5.41, 5.74) is 2.74. The van der Waals surface area contributed by atoms with E-state index < -0.39 is 0 Å². The highest BCUT2D eigenvalue weighted by Crippen LogP contribution is 2.12. The van der Waals surface area contributed by atoms with E-state index in [9.17, 15) is 0 Å². The minimum atomic E-state index is 0.344. The van der Waals surface area contributed by atoms with Gasteiger partial charge in [-0.25, -0.2) is 0 Å². The van der Waals surface area contributed by atoms with E-state index in [1.807, 2.05) is 0 Å². The van der Waals surface area contributed by atoms with Crippen molar-refractivity contribution in [2.75, 3.05) is 13.1 Å². The molecule has 0 aromatic heterocycles. The van der Waals surface area contributed by atoms with Gasteiger partial charge in [0.05, 0.1) is 12.7 Å². The van der Waals surface area contributed by atoms with E-state index in [4.69, 9.17) is 4.74 Å². The molecule has 0 heterocycles. The Labute approximate surface area is 112 Å². The molecule has 2 heteroatoms. The van der Waals surface area contributed by atoms with Crippen molar-refractivity contribution >= 4 is 0 Å². The first-order chi connectivity index (χ1) is 8.77. The second-order valence-electron chi connectivity index (χ2n) is 4.80. The van der Waals surface area contributed by atoms with E-state index in [1.54, 1.807) is 0 Å². The number of ether oxygens (including phenoxy) is 1. The van der Waals surface area contributed by atoms with Gasteiger partial charge in [0.15, 0.2) is 0 Å². The summed E-state index contributed by atoms with van der Waals surface area (Å²) in [5, 5.41) is 3.45. The molecular formula is C16H27NO.